The first kappa shape index (κ1) is 24.1. The fourth-order valence-corrected chi connectivity index (χ4v) is 4.18. The Hall–Kier alpha value is -4.00. The first-order valence-corrected chi connectivity index (χ1v) is 10.4. The van der Waals surface area contributed by atoms with E-state index in [1.807, 2.05) is 0 Å². The van der Waals surface area contributed by atoms with Crippen LogP contribution in [-0.2, 0) is 12.4 Å². The molecule has 0 unspecified atom stereocenters. The van der Waals surface area contributed by atoms with Crippen molar-refractivity contribution in [2.24, 2.45) is 0 Å². The van der Waals surface area contributed by atoms with Crippen molar-refractivity contribution in [1.82, 2.24) is 4.98 Å². The van der Waals surface area contributed by atoms with Crippen LogP contribution in [0.2, 0.25) is 0 Å². The zero-order valence-corrected chi connectivity index (χ0v) is 17.9. The monoisotopic (exact) mass is 511 g/mol. The van der Waals surface area contributed by atoms with Crippen LogP contribution in [0.4, 0.5) is 42.8 Å². The third-order valence-electron chi connectivity index (χ3n) is 4.83. The fraction of sp³-hybridized carbons (Fsp3) is 0.0909. The van der Waals surface area contributed by atoms with E-state index in [2.05, 4.69) is 4.98 Å². The normalized spacial score (nSPS) is 12.1. The number of aromatic nitrogens is 1. The summed E-state index contributed by atoms with van der Waals surface area (Å²) in [7, 11) is 0. The van der Waals surface area contributed by atoms with Gasteiger partial charge >= 0.3 is 12.4 Å². The second-order valence-corrected chi connectivity index (χ2v) is 8.18. The number of anilines is 2. The average Bonchev–Trinajstić information content (AvgIpc) is 3.21. The van der Waals surface area contributed by atoms with Crippen LogP contribution < -0.4 is 4.90 Å². The van der Waals surface area contributed by atoms with Crippen LogP contribution in [-0.4, -0.2) is 15.8 Å². The van der Waals surface area contributed by atoms with Gasteiger partial charge in [-0.25, -0.2) is 4.98 Å². The topological polar surface area (TPSA) is 76.3 Å². The number of thiazole rings is 1. The van der Waals surface area contributed by atoms with Crippen molar-refractivity contribution in [2.45, 2.75) is 12.4 Å². The molecule has 4 rings (SSSR count). The number of benzene rings is 3. The highest BCUT2D eigenvalue weighted by Crippen LogP contribution is 2.41. The lowest BCUT2D eigenvalue weighted by Gasteiger charge is -2.23. The van der Waals surface area contributed by atoms with Crippen molar-refractivity contribution >= 4 is 44.0 Å². The molecule has 180 valence electrons. The van der Waals surface area contributed by atoms with E-state index in [-0.39, 0.29) is 22.4 Å². The Kier molecular flexibility index (Phi) is 5.97. The highest BCUT2D eigenvalue weighted by Gasteiger charge is 2.38. The minimum absolute atomic E-state index is 0.0453. The van der Waals surface area contributed by atoms with Crippen LogP contribution in [0.5, 0.6) is 0 Å². The number of hydrogen-bond acceptors (Lipinski definition) is 5. The largest absolute Gasteiger partial charge is 0.416 e. The van der Waals surface area contributed by atoms with Gasteiger partial charge in [-0.05, 0) is 42.5 Å². The molecule has 6 nitrogen and oxygen atoms in total. The summed E-state index contributed by atoms with van der Waals surface area (Å²) in [5.74, 6) is -1.02. The number of hydrogen-bond donors (Lipinski definition) is 0. The Morgan fingerprint density at radius 3 is 1.97 bits per heavy atom. The molecule has 35 heavy (non-hydrogen) atoms. The maximum atomic E-state index is 13.5. The summed E-state index contributed by atoms with van der Waals surface area (Å²) >= 11 is 0.881. The molecule has 0 bridgehead atoms. The van der Waals surface area contributed by atoms with Crippen LogP contribution in [0.3, 0.4) is 0 Å². The predicted molar refractivity (Wildman–Crippen MR) is 116 cm³/mol. The third kappa shape index (κ3) is 4.94. The number of nitro benzene ring substituents is 1. The molecule has 0 aliphatic rings. The molecule has 0 aliphatic carbocycles. The number of non-ortho nitro benzene ring substituents is 1. The van der Waals surface area contributed by atoms with Crippen molar-refractivity contribution in [1.29, 1.82) is 0 Å². The molecule has 4 aromatic rings. The van der Waals surface area contributed by atoms with Gasteiger partial charge in [-0.2, -0.15) is 26.3 Å². The van der Waals surface area contributed by atoms with E-state index < -0.39 is 40.0 Å². The standard InChI is InChI=1S/C22H11F6N3O3S/c23-21(24,25)13-9-14(22(26,27)28)11-16(10-13)30(20-29-17-3-1-2-4-18(17)35-20)19(32)12-5-7-15(8-6-12)31(33)34/h1-11H. The Balaban J connectivity index is 1.94. The van der Waals surface area contributed by atoms with E-state index in [0.717, 1.165) is 35.6 Å². The first-order chi connectivity index (χ1) is 16.3. The minimum atomic E-state index is -5.13. The summed E-state index contributed by atoms with van der Waals surface area (Å²) < 4.78 is 81.3. The summed E-state index contributed by atoms with van der Waals surface area (Å²) in [5, 5.41) is 10.7. The molecule has 0 spiro atoms. The van der Waals surface area contributed by atoms with Crippen LogP contribution in [0.25, 0.3) is 10.2 Å². The molecule has 13 heteroatoms. The van der Waals surface area contributed by atoms with Crippen molar-refractivity contribution in [3.8, 4) is 0 Å². The van der Waals surface area contributed by atoms with Gasteiger partial charge in [0.05, 0.1) is 32.0 Å². The number of halogens is 6. The molecule has 0 fully saturated rings. The number of alkyl halides is 6. The maximum absolute atomic E-state index is 13.5. The van der Waals surface area contributed by atoms with E-state index >= 15 is 0 Å². The van der Waals surface area contributed by atoms with E-state index in [1.54, 1.807) is 24.3 Å². The zero-order valence-electron chi connectivity index (χ0n) is 17.1. The van der Waals surface area contributed by atoms with Gasteiger partial charge in [0.15, 0.2) is 5.13 Å². The molecule has 3 aromatic carbocycles. The smallest absolute Gasteiger partial charge is 0.268 e. The van der Waals surface area contributed by atoms with Crippen LogP contribution in [0.15, 0.2) is 66.7 Å². The highest BCUT2D eigenvalue weighted by atomic mass is 32.1. The lowest BCUT2D eigenvalue weighted by Crippen LogP contribution is -2.27. The van der Waals surface area contributed by atoms with Gasteiger partial charge in [-0.3, -0.25) is 19.8 Å². The van der Waals surface area contributed by atoms with E-state index in [0.29, 0.717) is 27.2 Å². The third-order valence-corrected chi connectivity index (χ3v) is 5.85. The maximum Gasteiger partial charge on any atom is 0.416 e. The number of nitrogens with zero attached hydrogens (tertiary/aromatic N) is 3. The van der Waals surface area contributed by atoms with E-state index in [4.69, 9.17) is 0 Å². The number of carbonyl (C=O) groups is 1. The number of amides is 1. The number of nitro groups is 1. The van der Waals surface area contributed by atoms with Crippen LogP contribution in [0.1, 0.15) is 21.5 Å². The fourth-order valence-electron chi connectivity index (χ4n) is 3.19. The Morgan fingerprint density at radius 2 is 1.46 bits per heavy atom. The SMILES string of the molecule is O=C(c1ccc([N+](=O)[O-])cc1)N(c1cc(C(F)(F)F)cc(C(F)(F)F)c1)c1nc2ccccc2s1. The summed E-state index contributed by atoms with van der Waals surface area (Å²) in [6.45, 7) is 0. The molecular formula is C22H11F6N3O3S. The zero-order chi connectivity index (χ0) is 25.5. The van der Waals surface area contributed by atoms with Crippen molar-refractivity contribution in [3.05, 3.63) is 93.5 Å². The Morgan fingerprint density at radius 1 is 0.886 bits per heavy atom. The molecular weight excluding hydrogens is 500 g/mol. The summed E-state index contributed by atoms with van der Waals surface area (Å²) in [6, 6.07) is 11.4. The van der Waals surface area contributed by atoms with Gasteiger partial charge in [-0.1, -0.05) is 23.5 Å². The predicted octanol–water partition coefficient (Wildman–Crippen LogP) is 7.22. The molecule has 0 radical (unpaired) electrons. The highest BCUT2D eigenvalue weighted by molar-refractivity contribution is 7.22. The first-order valence-electron chi connectivity index (χ1n) is 9.58. The molecule has 1 heterocycles. The quantitative estimate of drug-likeness (QED) is 0.165. The molecule has 1 aromatic heterocycles. The number of fused-ring (bicyclic) bond motifs is 1. The van der Waals surface area contributed by atoms with Gasteiger partial charge in [0, 0.05) is 17.7 Å². The van der Waals surface area contributed by atoms with Gasteiger partial charge in [0.1, 0.15) is 0 Å². The second kappa shape index (κ2) is 8.65. The van der Waals surface area contributed by atoms with Gasteiger partial charge in [0.25, 0.3) is 11.6 Å². The summed E-state index contributed by atoms with van der Waals surface area (Å²) in [5.41, 5.74) is -4.12. The molecule has 0 saturated carbocycles. The van der Waals surface area contributed by atoms with Crippen LogP contribution in [0, 0.1) is 10.1 Å². The van der Waals surface area contributed by atoms with Gasteiger partial charge in [0.2, 0.25) is 0 Å². The molecule has 0 saturated heterocycles. The number of carbonyl (C=O) groups excluding carboxylic acids is 1. The lowest BCUT2D eigenvalue weighted by atomic mass is 10.1. The molecule has 0 N–H and O–H groups in total. The Labute approximate surface area is 196 Å². The lowest BCUT2D eigenvalue weighted by molar-refractivity contribution is -0.384. The van der Waals surface area contributed by atoms with Gasteiger partial charge in [-0.15, -0.1) is 0 Å². The van der Waals surface area contributed by atoms with E-state index in [1.165, 1.54) is 0 Å². The molecule has 0 aliphatic heterocycles. The van der Waals surface area contributed by atoms with E-state index in [9.17, 15) is 41.3 Å². The van der Waals surface area contributed by atoms with Gasteiger partial charge < -0.3 is 0 Å². The molecule has 1 amide bonds. The average molecular weight is 511 g/mol. The van der Waals surface area contributed by atoms with Crippen molar-refractivity contribution in [2.75, 3.05) is 4.90 Å². The van der Waals surface area contributed by atoms with Crippen molar-refractivity contribution in [3.63, 3.8) is 0 Å². The second-order valence-electron chi connectivity index (χ2n) is 7.17. The number of rotatable bonds is 4. The minimum Gasteiger partial charge on any atom is -0.268 e. The van der Waals surface area contributed by atoms with Crippen molar-refractivity contribution < 1.29 is 36.1 Å². The molecule has 0 atom stereocenters. The number of para-hydroxylation sites is 1. The summed E-state index contributed by atoms with van der Waals surface area (Å²) in [4.78, 5) is 28.4. The Bertz CT molecular complexity index is 1370. The summed E-state index contributed by atoms with van der Waals surface area (Å²) in [6.07, 6.45) is -10.3. The van der Waals surface area contributed by atoms with Crippen LogP contribution >= 0.6 is 11.3 Å².